The second kappa shape index (κ2) is 4.85. The topological polar surface area (TPSA) is 50.9 Å². The molecule has 0 saturated heterocycles. The van der Waals surface area contributed by atoms with Crippen LogP contribution in [0, 0.1) is 13.8 Å². The van der Waals surface area contributed by atoms with E-state index in [1.165, 1.54) is 11.1 Å². The van der Waals surface area contributed by atoms with Crippen LogP contribution < -0.4 is 11.1 Å². The normalized spacial score (nSPS) is 10.7. The van der Waals surface area contributed by atoms with E-state index in [1.807, 2.05) is 24.3 Å². The van der Waals surface area contributed by atoms with Crippen LogP contribution in [0.25, 0.3) is 10.9 Å². The van der Waals surface area contributed by atoms with Gasteiger partial charge in [-0.3, -0.25) is 4.98 Å². The van der Waals surface area contributed by atoms with E-state index in [4.69, 9.17) is 5.73 Å². The van der Waals surface area contributed by atoms with Crippen LogP contribution in [0.15, 0.2) is 48.7 Å². The van der Waals surface area contributed by atoms with Gasteiger partial charge in [-0.2, -0.15) is 0 Å². The van der Waals surface area contributed by atoms with Crippen molar-refractivity contribution in [3.05, 3.63) is 59.8 Å². The quantitative estimate of drug-likeness (QED) is 0.682. The van der Waals surface area contributed by atoms with Gasteiger partial charge in [0.15, 0.2) is 0 Å². The van der Waals surface area contributed by atoms with Gasteiger partial charge >= 0.3 is 0 Å². The molecule has 3 rings (SSSR count). The second-order valence-electron chi connectivity index (χ2n) is 5.10. The first-order valence-corrected chi connectivity index (χ1v) is 6.62. The summed E-state index contributed by atoms with van der Waals surface area (Å²) in [5.41, 5.74) is 12.1. The van der Waals surface area contributed by atoms with Gasteiger partial charge in [-0.1, -0.05) is 18.2 Å². The predicted molar refractivity (Wildman–Crippen MR) is 85.4 cm³/mol. The molecule has 0 saturated carbocycles. The summed E-state index contributed by atoms with van der Waals surface area (Å²) in [6.07, 6.45) is 1.78. The summed E-state index contributed by atoms with van der Waals surface area (Å²) < 4.78 is 0. The number of aryl methyl sites for hydroxylation is 2. The summed E-state index contributed by atoms with van der Waals surface area (Å²) in [5.74, 6) is 0. The molecular weight excluding hydrogens is 246 g/mol. The third-order valence-corrected chi connectivity index (χ3v) is 3.30. The molecule has 3 heteroatoms. The van der Waals surface area contributed by atoms with Crippen molar-refractivity contribution < 1.29 is 0 Å². The molecule has 3 nitrogen and oxygen atoms in total. The fraction of sp³-hybridized carbons (Fsp3) is 0.118. The average molecular weight is 263 g/mol. The lowest BCUT2D eigenvalue weighted by Gasteiger charge is -2.11. The zero-order valence-corrected chi connectivity index (χ0v) is 11.6. The molecule has 0 aliphatic rings. The van der Waals surface area contributed by atoms with Gasteiger partial charge in [0.2, 0.25) is 0 Å². The summed E-state index contributed by atoms with van der Waals surface area (Å²) in [5, 5.41) is 4.49. The molecule has 0 amide bonds. The van der Waals surface area contributed by atoms with E-state index >= 15 is 0 Å². The number of nitrogens with one attached hydrogen (secondary N) is 1. The molecule has 0 radical (unpaired) electrons. The molecule has 0 unspecified atom stereocenters. The Kier molecular flexibility index (Phi) is 3.03. The van der Waals surface area contributed by atoms with Crippen molar-refractivity contribution in [2.24, 2.45) is 0 Å². The first-order valence-electron chi connectivity index (χ1n) is 6.62. The Labute approximate surface area is 118 Å². The number of nitrogens with two attached hydrogens (primary N) is 1. The lowest BCUT2D eigenvalue weighted by atomic mass is 10.1. The zero-order chi connectivity index (χ0) is 14.1. The smallest absolute Gasteiger partial charge is 0.0951 e. The number of para-hydroxylation sites is 1. The fourth-order valence-corrected chi connectivity index (χ4v) is 2.51. The molecule has 0 aliphatic heterocycles. The maximum atomic E-state index is 5.98. The van der Waals surface area contributed by atoms with Gasteiger partial charge < -0.3 is 11.1 Å². The number of hydrogen-bond acceptors (Lipinski definition) is 3. The van der Waals surface area contributed by atoms with Crippen LogP contribution in [-0.2, 0) is 0 Å². The van der Waals surface area contributed by atoms with Crippen LogP contribution in [0.1, 0.15) is 11.1 Å². The minimum Gasteiger partial charge on any atom is -0.397 e. The number of pyridine rings is 1. The van der Waals surface area contributed by atoms with Gasteiger partial charge in [-0.05, 0) is 49.2 Å². The number of hydrogen-bond donors (Lipinski definition) is 2. The van der Waals surface area contributed by atoms with E-state index in [1.54, 1.807) is 6.20 Å². The fourth-order valence-electron chi connectivity index (χ4n) is 2.51. The lowest BCUT2D eigenvalue weighted by molar-refractivity contribution is 1.37. The largest absolute Gasteiger partial charge is 0.397 e. The first kappa shape index (κ1) is 12.5. The number of aromatic nitrogens is 1. The first-order chi connectivity index (χ1) is 9.63. The molecule has 0 aliphatic carbocycles. The van der Waals surface area contributed by atoms with E-state index in [2.05, 4.69) is 42.3 Å². The van der Waals surface area contributed by atoms with Crippen molar-refractivity contribution in [2.75, 3.05) is 11.1 Å². The Morgan fingerprint density at radius 2 is 1.75 bits per heavy atom. The van der Waals surface area contributed by atoms with Gasteiger partial charge in [0.05, 0.1) is 11.2 Å². The van der Waals surface area contributed by atoms with Crippen LogP contribution in [-0.4, -0.2) is 4.98 Å². The molecule has 0 bridgehead atoms. The molecule has 1 aromatic heterocycles. The second-order valence-corrected chi connectivity index (χ2v) is 5.10. The highest BCUT2D eigenvalue weighted by Crippen LogP contribution is 2.28. The number of anilines is 3. The number of fused-ring (bicyclic) bond motifs is 1. The number of nitrogens with zero attached hydrogens (tertiary/aromatic N) is 1. The standard InChI is InChI=1S/C17H17N3/c1-11-8-12(2)10-13(9-11)20-16-6-7-19-17-14(16)4-3-5-15(17)18/h3-10H,18H2,1-2H3,(H,19,20). The SMILES string of the molecule is Cc1cc(C)cc(Nc2ccnc3c(N)cccc23)c1. The third-order valence-electron chi connectivity index (χ3n) is 3.30. The Balaban J connectivity index is 2.09. The van der Waals surface area contributed by atoms with Crippen molar-refractivity contribution in [1.29, 1.82) is 0 Å². The van der Waals surface area contributed by atoms with E-state index in [-0.39, 0.29) is 0 Å². The van der Waals surface area contributed by atoms with Gasteiger partial charge in [0.1, 0.15) is 0 Å². The minimum absolute atomic E-state index is 0.701. The third kappa shape index (κ3) is 2.30. The molecule has 0 fully saturated rings. The number of rotatable bonds is 2. The molecule has 3 aromatic rings. The Morgan fingerprint density at radius 1 is 1.00 bits per heavy atom. The average Bonchev–Trinajstić information content (AvgIpc) is 2.39. The molecule has 20 heavy (non-hydrogen) atoms. The Bertz CT molecular complexity index is 758. The Morgan fingerprint density at radius 3 is 2.50 bits per heavy atom. The van der Waals surface area contributed by atoms with Gasteiger partial charge in [-0.25, -0.2) is 0 Å². The molecule has 100 valence electrons. The lowest BCUT2D eigenvalue weighted by Crippen LogP contribution is -1.95. The van der Waals surface area contributed by atoms with Crippen molar-refractivity contribution in [2.45, 2.75) is 13.8 Å². The van der Waals surface area contributed by atoms with E-state index in [0.29, 0.717) is 5.69 Å². The van der Waals surface area contributed by atoms with Crippen molar-refractivity contribution in [3.63, 3.8) is 0 Å². The summed E-state index contributed by atoms with van der Waals surface area (Å²) in [7, 11) is 0. The molecule has 3 N–H and O–H groups in total. The maximum Gasteiger partial charge on any atom is 0.0951 e. The molecule has 0 spiro atoms. The molecule has 2 aromatic carbocycles. The molecule has 1 heterocycles. The summed E-state index contributed by atoms with van der Waals surface area (Å²) >= 11 is 0. The highest BCUT2D eigenvalue weighted by Gasteiger charge is 2.05. The van der Waals surface area contributed by atoms with E-state index in [0.717, 1.165) is 22.3 Å². The van der Waals surface area contributed by atoms with Crippen molar-refractivity contribution >= 4 is 28.0 Å². The van der Waals surface area contributed by atoms with E-state index < -0.39 is 0 Å². The molecular formula is C17H17N3. The predicted octanol–water partition coefficient (Wildman–Crippen LogP) is 4.18. The number of nitrogen functional groups attached to an aromatic ring is 1. The summed E-state index contributed by atoms with van der Waals surface area (Å²) in [6.45, 7) is 4.20. The monoisotopic (exact) mass is 263 g/mol. The maximum absolute atomic E-state index is 5.98. The van der Waals surface area contributed by atoms with Crippen LogP contribution in [0.2, 0.25) is 0 Å². The van der Waals surface area contributed by atoms with Crippen molar-refractivity contribution in [3.8, 4) is 0 Å². The minimum atomic E-state index is 0.701. The Hall–Kier alpha value is -2.55. The van der Waals surface area contributed by atoms with Crippen LogP contribution in [0.3, 0.4) is 0 Å². The summed E-state index contributed by atoms with van der Waals surface area (Å²) in [4.78, 5) is 4.35. The zero-order valence-electron chi connectivity index (χ0n) is 11.6. The highest BCUT2D eigenvalue weighted by atomic mass is 14.9. The van der Waals surface area contributed by atoms with Crippen LogP contribution >= 0.6 is 0 Å². The van der Waals surface area contributed by atoms with E-state index in [9.17, 15) is 0 Å². The summed E-state index contributed by atoms with van der Waals surface area (Å²) in [6, 6.07) is 14.2. The van der Waals surface area contributed by atoms with Crippen LogP contribution in [0.5, 0.6) is 0 Å². The molecule has 0 atom stereocenters. The van der Waals surface area contributed by atoms with Gasteiger partial charge in [-0.15, -0.1) is 0 Å². The van der Waals surface area contributed by atoms with Crippen molar-refractivity contribution in [1.82, 2.24) is 4.98 Å². The van der Waals surface area contributed by atoms with Gasteiger partial charge in [0.25, 0.3) is 0 Å². The van der Waals surface area contributed by atoms with Crippen LogP contribution in [0.4, 0.5) is 17.1 Å². The number of benzene rings is 2. The van der Waals surface area contributed by atoms with Gasteiger partial charge in [0, 0.05) is 23.0 Å². The highest BCUT2D eigenvalue weighted by molar-refractivity contribution is 5.98.